The standard InChI is InChI=1S/C17H19NO3/c1-12(14-4-2-3-5-15(14)19)18-11-13-6-7-16-17(10-13)21-9-8-20-16/h2-7,10,12,18-19H,8-9,11H2,1H3. The second-order valence-electron chi connectivity index (χ2n) is 5.14. The van der Waals surface area contributed by atoms with Crippen LogP contribution in [-0.2, 0) is 6.54 Å². The number of phenolic OH excluding ortho intramolecular Hbond substituents is 1. The van der Waals surface area contributed by atoms with Gasteiger partial charge in [0.15, 0.2) is 11.5 Å². The summed E-state index contributed by atoms with van der Waals surface area (Å²) in [5.74, 6) is 1.93. The topological polar surface area (TPSA) is 50.7 Å². The van der Waals surface area contributed by atoms with Gasteiger partial charge in [0.1, 0.15) is 19.0 Å². The molecule has 110 valence electrons. The lowest BCUT2D eigenvalue weighted by Gasteiger charge is -2.20. The Balaban J connectivity index is 1.66. The molecule has 0 aromatic heterocycles. The monoisotopic (exact) mass is 285 g/mol. The highest BCUT2D eigenvalue weighted by Crippen LogP contribution is 2.31. The van der Waals surface area contributed by atoms with Gasteiger partial charge >= 0.3 is 0 Å². The molecule has 2 N–H and O–H groups in total. The summed E-state index contributed by atoms with van der Waals surface area (Å²) >= 11 is 0. The van der Waals surface area contributed by atoms with Crippen LogP contribution >= 0.6 is 0 Å². The molecule has 0 radical (unpaired) electrons. The molecule has 0 fully saturated rings. The van der Waals surface area contributed by atoms with E-state index < -0.39 is 0 Å². The zero-order valence-electron chi connectivity index (χ0n) is 12.0. The summed E-state index contributed by atoms with van der Waals surface area (Å²) in [6, 6.07) is 13.4. The SMILES string of the molecule is CC(NCc1ccc2c(c1)OCCO2)c1ccccc1O. The van der Waals surface area contributed by atoms with E-state index in [1.807, 2.05) is 43.3 Å². The lowest BCUT2D eigenvalue weighted by atomic mass is 10.1. The van der Waals surface area contributed by atoms with Crippen LogP contribution in [0.2, 0.25) is 0 Å². The fraction of sp³-hybridized carbons (Fsp3) is 0.294. The number of rotatable bonds is 4. The van der Waals surface area contributed by atoms with Crippen molar-refractivity contribution in [1.82, 2.24) is 5.32 Å². The lowest BCUT2D eigenvalue weighted by Crippen LogP contribution is -2.19. The van der Waals surface area contributed by atoms with Gasteiger partial charge in [0.25, 0.3) is 0 Å². The summed E-state index contributed by atoms with van der Waals surface area (Å²) in [6.07, 6.45) is 0. The molecule has 1 aliphatic heterocycles. The maximum absolute atomic E-state index is 9.86. The lowest BCUT2D eigenvalue weighted by molar-refractivity contribution is 0.171. The van der Waals surface area contributed by atoms with Gasteiger partial charge in [-0.3, -0.25) is 0 Å². The number of hydrogen-bond acceptors (Lipinski definition) is 4. The number of aromatic hydroxyl groups is 1. The third kappa shape index (κ3) is 3.11. The van der Waals surface area contributed by atoms with Gasteiger partial charge < -0.3 is 19.9 Å². The highest BCUT2D eigenvalue weighted by molar-refractivity contribution is 5.44. The van der Waals surface area contributed by atoms with Crippen LogP contribution in [0.15, 0.2) is 42.5 Å². The van der Waals surface area contributed by atoms with E-state index in [9.17, 15) is 5.11 Å². The minimum atomic E-state index is 0.0689. The number of fused-ring (bicyclic) bond motifs is 1. The van der Waals surface area contributed by atoms with E-state index in [4.69, 9.17) is 9.47 Å². The molecule has 0 saturated heterocycles. The van der Waals surface area contributed by atoms with Crippen molar-refractivity contribution in [2.45, 2.75) is 19.5 Å². The van der Waals surface area contributed by atoms with Crippen LogP contribution in [0.1, 0.15) is 24.1 Å². The molecule has 2 aromatic rings. The van der Waals surface area contributed by atoms with Crippen LogP contribution in [0.5, 0.6) is 17.2 Å². The summed E-state index contributed by atoms with van der Waals surface area (Å²) in [4.78, 5) is 0. The number of para-hydroxylation sites is 1. The predicted octanol–water partition coefficient (Wildman–Crippen LogP) is 3.01. The Hall–Kier alpha value is -2.20. The molecule has 3 rings (SSSR count). The largest absolute Gasteiger partial charge is 0.508 e. The molecular formula is C17H19NO3. The molecule has 0 saturated carbocycles. The second-order valence-corrected chi connectivity index (χ2v) is 5.14. The fourth-order valence-electron chi connectivity index (χ4n) is 2.43. The molecule has 4 nitrogen and oxygen atoms in total. The van der Waals surface area contributed by atoms with E-state index >= 15 is 0 Å². The van der Waals surface area contributed by atoms with Crippen molar-refractivity contribution in [2.24, 2.45) is 0 Å². The van der Waals surface area contributed by atoms with Crippen molar-refractivity contribution in [3.05, 3.63) is 53.6 Å². The van der Waals surface area contributed by atoms with Crippen molar-refractivity contribution >= 4 is 0 Å². The molecular weight excluding hydrogens is 266 g/mol. The first-order valence-corrected chi connectivity index (χ1v) is 7.14. The highest BCUT2D eigenvalue weighted by atomic mass is 16.6. The number of hydrogen-bond donors (Lipinski definition) is 2. The number of benzene rings is 2. The van der Waals surface area contributed by atoms with E-state index in [0.717, 1.165) is 22.6 Å². The van der Waals surface area contributed by atoms with Crippen LogP contribution < -0.4 is 14.8 Å². The van der Waals surface area contributed by atoms with Gasteiger partial charge in [-0.1, -0.05) is 24.3 Å². The summed E-state index contributed by atoms with van der Waals surface area (Å²) in [7, 11) is 0. The quantitative estimate of drug-likeness (QED) is 0.906. The third-order valence-corrected chi connectivity index (χ3v) is 3.62. The van der Waals surface area contributed by atoms with Crippen molar-refractivity contribution < 1.29 is 14.6 Å². The molecule has 0 bridgehead atoms. The Labute approximate surface area is 124 Å². The van der Waals surface area contributed by atoms with E-state index in [1.54, 1.807) is 6.07 Å². The number of phenols is 1. The first kappa shape index (κ1) is 13.8. The smallest absolute Gasteiger partial charge is 0.161 e. The first-order valence-electron chi connectivity index (χ1n) is 7.14. The predicted molar refractivity (Wildman–Crippen MR) is 80.8 cm³/mol. The molecule has 1 heterocycles. The van der Waals surface area contributed by atoms with Crippen LogP contribution in [0.25, 0.3) is 0 Å². The molecule has 1 atom stereocenters. The van der Waals surface area contributed by atoms with Gasteiger partial charge in [-0.2, -0.15) is 0 Å². The van der Waals surface area contributed by atoms with Gasteiger partial charge in [-0.15, -0.1) is 0 Å². The van der Waals surface area contributed by atoms with Gasteiger partial charge in [-0.25, -0.2) is 0 Å². The molecule has 4 heteroatoms. The summed E-state index contributed by atoms with van der Waals surface area (Å²) in [5, 5.41) is 13.3. The Kier molecular flexibility index (Phi) is 3.97. The second kappa shape index (κ2) is 6.06. The molecule has 0 amide bonds. The van der Waals surface area contributed by atoms with Crippen LogP contribution in [0.4, 0.5) is 0 Å². The molecule has 1 aliphatic rings. The average Bonchev–Trinajstić information content (AvgIpc) is 2.53. The minimum absolute atomic E-state index is 0.0689. The van der Waals surface area contributed by atoms with Gasteiger partial charge in [0, 0.05) is 18.2 Å². The zero-order valence-corrected chi connectivity index (χ0v) is 12.0. The maximum atomic E-state index is 9.86. The van der Waals surface area contributed by atoms with Crippen LogP contribution in [0.3, 0.4) is 0 Å². The number of ether oxygens (including phenoxy) is 2. The van der Waals surface area contributed by atoms with Crippen molar-refractivity contribution in [2.75, 3.05) is 13.2 Å². The van der Waals surface area contributed by atoms with E-state index in [0.29, 0.717) is 25.5 Å². The molecule has 0 aliphatic carbocycles. The molecule has 2 aromatic carbocycles. The number of nitrogens with one attached hydrogen (secondary N) is 1. The Morgan fingerprint density at radius 3 is 2.67 bits per heavy atom. The van der Waals surface area contributed by atoms with Gasteiger partial charge in [0.05, 0.1) is 0 Å². The molecule has 21 heavy (non-hydrogen) atoms. The Morgan fingerprint density at radius 2 is 1.86 bits per heavy atom. The molecule has 0 spiro atoms. The van der Waals surface area contributed by atoms with E-state index in [1.165, 1.54) is 0 Å². The van der Waals surface area contributed by atoms with Gasteiger partial charge in [0.2, 0.25) is 0 Å². The van der Waals surface area contributed by atoms with Crippen LogP contribution in [-0.4, -0.2) is 18.3 Å². The normalized spacial score (nSPS) is 14.7. The third-order valence-electron chi connectivity index (χ3n) is 3.62. The fourth-order valence-corrected chi connectivity index (χ4v) is 2.43. The molecule has 1 unspecified atom stereocenters. The zero-order chi connectivity index (χ0) is 14.7. The maximum Gasteiger partial charge on any atom is 0.161 e. The minimum Gasteiger partial charge on any atom is -0.508 e. The van der Waals surface area contributed by atoms with Crippen molar-refractivity contribution in [1.29, 1.82) is 0 Å². The average molecular weight is 285 g/mol. The van der Waals surface area contributed by atoms with Gasteiger partial charge in [-0.05, 0) is 30.7 Å². The van der Waals surface area contributed by atoms with E-state index in [-0.39, 0.29) is 6.04 Å². The highest BCUT2D eigenvalue weighted by Gasteiger charge is 2.13. The Morgan fingerprint density at radius 1 is 1.10 bits per heavy atom. The van der Waals surface area contributed by atoms with Crippen molar-refractivity contribution in [3.63, 3.8) is 0 Å². The first-order chi connectivity index (χ1) is 10.2. The van der Waals surface area contributed by atoms with Crippen LogP contribution in [0, 0.1) is 0 Å². The summed E-state index contributed by atoms with van der Waals surface area (Å²) in [5.41, 5.74) is 2.02. The van der Waals surface area contributed by atoms with E-state index in [2.05, 4.69) is 5.32 Å². The summed E-state index contributed by atoms with van der Waals surface area (Å²) < 4.78 is 11.1. The summed E-state index contributed by atoms with van der Waals surface area (Å²) in [6.45, 7) is 3.94. The van der Waals surface area contributed by atoms with Crippen molar-refractivity contribution in [3.8, 4) is 17.2 Å². The Bertz CT molecular complexity index is 627.